The average Bonchev–Trinajstić information content (AvgIpc) is 2.11. The normalized spacial score (nSPS) is 10.2. The van der Waals surface area contributed by atoms with E-state index in [1.807, 2.05) is 5.48 Å². The second-order valence-electron chi connectivity index (χ2n) is 2.41. The summed E-state index contributed by atoms with van der Waals surface area (Å²) in [5.74, 6) is 0.522. The first-order valence-corrected chi connectivity index (χ1v) is 4.33. The Balaban J connectivity index is 3.05. The predicted octanol–water partition coefficient (Wildman–Crippen LogP) is 2.48. The molecule has 0 aliphatic carbocycles. The highest BCUT2D eigenvalue weighted by molar-refractivity contribution is 6.34. The van der Waals surface area contributed by atoms with Crippen LogP contribution < -0.4 is 10.2 Å². The van der Waals surface area contributed by atoms with Crippen LogP contribution in [-0.2, 0) is 6.54 Å². The molecule has 0 aromatic heterocycles. The molecule has 0 amide bonds. The molecular weight excluding hydrogens is 213 g/mol. The van der Waals surface area contributed by atoms with Gasteiger partial charge in [0.2, 0.25) is 0 Å². The smallest absolute Gasteiger partial charge is 0.138 e. The number of rotatable bonds is 3. The van der Waals surface area contributed by atoms with Gasteiger partial charge in [-0.15, -0.1) is 0 Å². The number of ether oxygens (including phenoxy) is 1. The summed E-state index contributed by atoms with van der Waals surface area (Å²) in [4.78, 5) is 0. The van der Waals surface area contributed by atoms with E-state index in [0.717, 1.165) is 5.56 Å². The van der Waals surface area contributed by atoms with Crippen molar-refractivity contribution < 1.29 is 9.94 Å². The lowest BCUT2D eigenvalue weighted by molar-refractivity contribution is 0.161. The lowest BCUT2D eigenvalue weighted by Gasteiger charge is -2.07. The summed E-state index contributed by atoms with van der Waals surface area (Å²) in [6.07, 6.45) is 0. The topological polar surface area (TPSA) is 41.5 Å². The van der Waals surface area contributed by atoms with E-state index in [9.17, 15) is 0 Å². The summed E-state index contributed by atoms with van der Waals surface area (Å²) in [6.45, 7) is 0.253. The molecule has 0 saturated carbocycles. The quantitative estimate of drug-likeness (QED) is 0.772. The van der Waals surface area contributed by atoms with Gasteiger partial charge in [0.25, 0.3) is 0 Å². The van der Waals surface area contributed by atoms with Crippen LogP contribution in [0, 0.1) is 0 Å². The maximum atomic E-state index is 8.48. The van der Waals surface area contributed by atoms with Gasteiger partial charge in [0, 0.05) is 17.6 Å². The first-order chi connectivity index (χ1) is 6.19. The lowest BCUT2D eigenvalue weighted by Crippen LogP contribution is -2.06. The van der Waals surface area contributed by atoms with Crippen molar-refractivity contribution in [3.63, 3.8) is 0 Å². The summed E-state index contributed by atoms with van der Waals surface area (Å²) >= 11 is 11.7. The Bertz CT molecular complexity index is 304. The van der Waals surface area contributed by atoms with Crippen LogP contribution in [0.15, 0.2) is 12.1 Å². The number of benzene rings is 1. The highest BCUT2D eigenvalue weighted by atomic mass is 35.5. The van der Waals surface area contributed by atoms with Crippen molar-refractivity contribution >= 4 is 23.2 Å². The minimum atomic E-state index is 0.253. The highest BCUT2D eigenvalue weighted by Crippen LogP contribution is 2.30. The molecule has 0 radical (unpaired) electrons. The Labute approximate surface area is 86.2 Å². The minimum absolute atomic E-state index is 0.253. The number of halogens is 2. The molecule has 0 aliphatic rings. The van der Waals surface area contributed by atoms with Gasteiger partial charge in [-0.2, -0.15) is 0 Å². The van der Waals surface area contributed by atoms with Gasteiger partial charge in [-0.05, 0) is 11.6 Å². The van der Waals surface area contributed by atoms with Gasteiger partial charge in [-0.3, -0.25) is 0 Å². The van der Waals surface area contributed by atoms with Crippen LogP contribution in [0.4, 0.5) is 0 Å². The first-order valence-electron chi connectivity index (χ1n) is 3.58. The molecular formula is C8H9Cl2NO2. The van der Waals surface area contributed by atoms with E-state index in [1.165, 1.54) is 7.11 Å². The Morgan fingerprint density at radius 2 is 2.08 bits per heavy atom. The molecule has 1 rings (SSSR count). The molecule has 0 fully saturated rings. The Hall–Kier alpha value is -0.480. The molecule has 13 heavy (non-hydrogen) atoms. The molecule has 0 spiro atoms. The zero-order valence-electron chi connectivity index (χ0n) is 6.97. The van der Waals surface area contributed by atoms with Crippen LogP contribution in [0.2, 0.25) is 10.0 Å². The molecule has 1 aromatic carbocycles. The molecule has 0 atom stereocenters. The van der Waals surface area contributed by atoms with E-state index in [1.54, 1.807) is 12.1 Å². The monoisotopic (exact) mass is 221 g/mol. The van der Waals surface area contributed by atoms with Gasteiger partial charge in [-0.25, -0.2) is 5.48 Å². The Kier molecular flexibility index (Phi) is 3.81. The number of hydrogen-bond donors (Lipinski definition) is 2. The van der Waals surface area contributed by atoms with Crippen LogP contribution in [0.3, 0.4) is 0 Å². The second-order valence-corrected chi connectivity index (χ2v) is 3.23. The van der Waals surface area contributed by atoms with Gasteiger partial charge >= 0.3 is 0 Å². The molecule has 0 aliphatic heterocycles. The zero-order chi connectivity index (χ0) is 9.84. The SMILES string of the molecule is COc1cc(Cl)c(CNO)cc1Cl. The van der Waals surface area contributed by atoms with E-state index in [0.29, 0.717) is 15.8 Å². The lowest BCUT2D eigenvalue weighted by atomic mass is 10.2. The van der Waals surface area contributed by atoms with E-state index in [2.05, 4.69) is 0 Å². The number of methoxy groups -OCH3 is 1. The summed E-state index contributed by atoms with van der Waals surface area (Å²) in [7, 11) is 1.52. The summed E-state index contributed by atoms with van der Waals surface area (Å²) < 4.78 is 4.96. The van der Waals surface area contributed by atoms with E-state index >= 15 is 0 Å². The first kappa shape index (κ1) is 10.6. The van der Waals surface area contributed by atoms with Gasteiger partial charge in [0.05, 0.1) is 12.1 Å². The van der Waals surface area contributed by atoms with Crippen LogP contribution >= 0.6 is 23.2 Å². The minimum Gasteiger partial charge on any atom is -0.495 e. The van der Waals surface area contributed by atoms with Crippen molar-refractivity contribution in [3.8, 4) is 5.75 Å². The number of hydrogen-bond acceptors (Lipinski definition) is 3. The third-order valence-corrected chi connectivity index (χ3v) is 2.24. The van der Waals surface area contributed by atoms with Crippen molar-refractivity contribution in [2.24, 2.45) is 0 Å². The molecule has 3 nitrogen and oxygen atoms in total. The van der Waals surface area contributed by atoms with Crippen LogP contribution in [0.5, 0.6) is 5.75 Å². The largest absolute Gasteiger partial charge is 0.495 e. The molecule has 72 valence electrons. The molecule has 0 unspecified atom stereocenters. The van der Waals surface area contributed by atoms with Crippen molar-refractivity contribution in [3.05, 3.63) is 27.7 Å². The summed E-state index contributed by atoms with van der Waals surface area (Å²) in [6, 6.07) is 3.25. The predicted molar refractivity (Wildman–Crippen MR) is 51.6 cm³/mol. The molecule has 0 heterocycles. The third kappa shape index (κ3) is 2.48. The van der Waals surface area contributed by atoms with Crippen molar-refractivity contribution in [1.82, 2.24) is 5.48 Å². The number of hydroxylamine groups is 1. The summed E-state index contributed by atoms with van der Waals surface area (Å²) in [5, 5.41) is 9.45. The van der Waals surface area contributed by atoms with E-state index < -0.39 is 0 Å². The van der Waals surface area contributed by atoms with Crippen molar-refractivity contribution in [1.29, 1.82) is 0 Å². The Morgan fingerprint density at radius 3 is 2.62 bits per heavy atom. The molecule has 0 saturated heterocycles. The molecule has 2 N–H and O–H groups in total. The fourth-order valence-electron chi connectivity index (χ4n) is 0.947. The fourth-order valence-corrected chi connectivity index (χ4v) is 1.43. The van der Waals surface area contributed by atoms with Gasteiger partial charge in [0.15, 0.2) is 0 Å². The number of nitrogens with one attached hydrogen (secondary N) is 1. The van der Waals surface area contributed by atoms with Crippen LogP contribution in [0.1, 0.15) is 5.56 Å². The van der Waals surface area contributed by atoms with Crippen LogP contribution in [0.25, 0.3) is 0 Å². The Morgan fingerprint density at radius 1 is 1.38 bits per heavy atom. The maximum absolute atomic E-state index is 8.48. The molecule has 0 bridgehead atoms. The summed E-state index contributed by atoms with van der Waals surface area (Å²) in [5.41, 5.74) is 2.72. The zero-order valence-corrected chi connectivity index (χ0v) is 8.49. The molecule has 5 heteroatoms. The second kappa shape index (κ2) is 4.67. The fraction of sp³-hybridized carbons (Fsp3) is 0.250. The standard InChI is InChI=1S/C8H9Cl2NO2/c1-13-8-3-6(9)5(4-11-12)2-7(8)10/h2-3,11-12H,4H2,1H3. The average molecular weight is 222 g/mol. The van der Waals surface area contributed by atoms with Gasteiger partial charge in [0.1, 0.15) is 5.75 Å². The maximum Gasteiger partial charge on any atom is 0.138 e. The van der Waals surface area contributed by atoms with Crippen LogP contribution in [-0.4, -0.2) is 12.3 Å². The van der Waals surface area contributed by atoms with E-state index in [4.69, 9.17) is 33.1 Å². The van der Waals surface area contributed by atoms with Gasteiger partial charge < -0.3 is 9.94 Å². The van der Waals surface area contributed by atoms with Crippen molar-refractivity contribution in [2.45, 2.75) is 6.54 Å². The highest BCUT2D eigenvalue weighted by Gasteiger charge is 2.06. The van der Waals surface area contributed by atoms with E-state index in [-0.39, 0.29) is 6.54 Å². The van der Waals surface area contributed by atoms with Crippen molar-refractivity contribution in [2.75, 3.05) is 7.11 Å². The third-order valence-electron chi connectivity index (χ3n) is 1.59. The molecule has 1 aromatic rings. The van der Waals surface area contributed by atoms with Gasteiger partial charge in [-0.1, -0.05) is 23.2 Å².